The van der Waals surface area contributed by atoms with Gasteiger partial charge in [0.2, 0.25) is 5.82 Å². The molecule has 0 bridgehead atoms. The lowest BCUT2D eigenvalue weighted by molar-refractivity contribution is -0.385. The number of benzene rings is 2. The van der Waals surface area contributed by atoms with Crippen LogP contribution < -0.4 is 0 Å². The second kappa shape index (κ2) is 7.32. The minimum Gasteiger partial charge on any atom is -0.452 e. The van der Waals surface area contributed by atoms with Crippen molar-refractivity contribution in [3.63, 3.8) is 0 Å². The van der Waals surface area contributed by atoms with Gasteiger partial charge in [-0.25, -0.2) is 9.18 Å². The zero-order chi connectivity index (χ0) is 19.6. The predicted molar refractivity (Wildman–Crippen MR) is 91.4 cm³/mol. The lowest BCUT2D eigenvalue weighted by Gasteiger charge is -2.03. The standard InChI is InChI=1S/C18H14FN3O5/c1-10-3-5-12(7-14(10)19)17-20-16(27-21-17)9-26-18(23)13-6-4-11(2)15(8-13)22(24)25/h3-8H,9H2,1-2H3. The van der Waals surface area contributed by atoms with Crippen LogP contribution in [0.15, 0.2) is 40.9 Å². The van der Waals surface area contributed by atoms with Gasteiger partial charge < -0.3 is 9.26 Å². The summed E-state index contributed by atoms with van der Waals surface area (Å²) in [4.78, 5) is 26.5. The van der Waals surface area contributed by atoms with Crippen LogP contribution >= 0.6 is 0 Å². The monoisotopic (exact) mass is 371 g/mol. The summed E-state index contributed by atoms with van der Waals surface area (Å²) >= 11 is 0. The highest BCUT2D eigenvalue weighted by Gasteiger charge is 2.17. The van der Waals surface area contributed by atoms with Gasteiger partial charge in [-0.3, -0.25) is 10.1 Å². The quantitative estimate of drug-likeness (QED) is 0.382. The van der Waals surface area contributed by atoms with Crippen molar-refractivity contribution in [1.82, 2.24) is 10.1 Å². The average Bonchev–Trinajstić information content (AvgIpc) is 3.11. The molecule has 1 heterocycles. The smallest absolute Gasteiger partial charge is 0.338 e. The van der Waals surface area contributed by atoms with Gasteiger partial charge in [-0.2, -0.15) is 4.98 Å². The van der Waals surface area contributed by atoms with Crippen LogP contribution in [-0.2, 0) is 11.3 Å². The fourth-order valence-electron chi connectivity index (χ4n) is 2.31. The first kappa shape index (κ1) is 18.2. The molecule has 0 radical (unpaired) electrons. The van der Waals surface area contributed by atoms with Crippen molar-refractivity contribution in [1.29, 1.82) is 0 Å². The Balaban J connectivity index is 1.69. The first-order valence-corrected chi connectivity index (χ1v) is 7.86. The number of aryl methyl sites for hydroxylation is 2. The number of nitro benzene ring substituents is 1. The molecule has 0 unspecified atom stereocenters. The number of halogens is 1. The molecule has 0 saturated heterocycles. The molecule has 0 aliphatic rings. The third-order valence-corrected chi connectivity index (χ3v) is 3.87. The molecule has 0 aliphatic heterocycles. The number of hydrogen-bond acceptors (Lipinski definition) is 7. The normalized spacial score (nSPS) is 10.6. The number of rotatable bonds is 5. The molecule has 0 saturated carbocycles. The van der Waals surface area contributed by atoms with Crippen LogP contribution in [0.3, 0.4) is 0 Å². The number of hydrogen-bond donors (Lipinski definition) is 0. The van der Waals surface area contributed by atoms with Gasteiger partial charge in [-0.1, -0.05) is 23.4 Å². The first-order valence-electron chi connectivity index (χ1n) is 7.86. The molecule has 0 amide bonds. The molecule has 138 valence electrons. The fourth-order valence-corrected chi connectivity index (χ4v) is 2.31. The van der Waals surface area contributed by atoms with Crippen molar-refractivity contribution in [2.24, 2.45) is 0 Å². The molecule has 0 fully saturated rings. The van der Waals surface area contributed by atoms with E-state index in [4.69, 9.17) is 9.26 Å². The van der Waals surface area contributed by atoms with Crippen LogP contribution in [0.2, 0.25) is 0 Å². The van der Waals surface area contributed by atoms with Crippen LogP contribution in [0.25, 0.3) is 11.4 Å². The van der Waals surface area contributed by atoms with Crippen molar-refractivity contribution < 1.29 is 23.4 Å². The van der Waals surface area contributed by atoms with Gasteiger partial charge >= 0.3 is 5.97 Å². The van der Waals surface area contributed by atoms with Gasteiger partial charge in [0.05, 0.1) is 10.5 Å². The largest absolute Gasteiger partial charge is 0.452 e. The van der Waals surface area contributed by atoms with Crippen molar-refractivity contribution in [3.05, 3.63) is 74.9 Å². The molecule has 9 heteroatoms. The van der Waals surface area contributed by atoms with Gasteiger partial charge in [-0.15, -0.1) is 0 Å². The molecule has 0 aliphatic carbocycles. The number of nitro groups is 1. The third-order valence-electron chi connectivity index (χ3n) is 3.87. The highest BCUT2D eigenvalue weighted by Crippen LogP contribution is 2.21. The lowest BCUT2D eigenvalue weighted by atomic mass is 10.1. The lowest BCUT2D eigenvalue weighted by Crippen LogP contribution is -2.06. The van der Waals surface area contributed by atoms with Crippen LogP contribution in [0.1, 0.15) is 27.4 Å². The fraction of sp³-hybridized carbons (Fsp3) is 0.167. The Morgan fingerprint density at radius 1 is 1.22 bits per heavy atom. The minimum absolute atomic E-state index is 0.0148. The van der Waals surface area contributed by atoms with E-state index in [2.05, 4.69) is 10.1 Å². The molecule has 0 N–H and O–H groups in total. The molecule has 8 nitrogen and oxygen atoms in total. The zero-order valence-corrected chi connectivity index (χ0v) is 14.4. The van der Waals surface area contributed by atoms with E-state index in [0.29, 0.717) is 16.7 Å². The summed E-state index contributed by atoms with van der Waals surface area (Å²) in [5.74, 6) is -0.989. The molecule has 0 atom stereocenters. The van der Waals surface area contributed by atoms with Crippen LogP contribution in [0.4, 0.5) is 10.1 Å². The van der Waals surface area contributed by atoms with Gasteiger partial charge in [-0.05, 0) is 31.5 Å². The van der Waals surface area contributed by atoms with Crippen LogP contribution in [0, 0.1) is 29.8 Å². The molecule has 2 aromatic carbocycles. The van der Waals surface area contributed by atoms with Crippen molar-refractivity contribution in [2.75, 3.05) is 0 Å². The van der Waals surface area contributed by atoms with Gasteiger partial charge in [0.25, 0.3) is 11.6 Å². The highest BCUT2D eigenvalue weighted by molar-refractivity contribution is 5.90. The molecule has 27 heavy (non-hydrogen) atoms. The van der Waals surface area contributed by atoms with Crippen LogP contribution in [-0.4, -0.2) is 21.0 Å². The first-order chi connectivity index (χ1) is 12.8. The second-order valence-corrected chi connectivity index (χ2v) is 5.81. The van der Waals surface area contributed by atoms with E-state index in [0.717, 1.165) is 6.07 Å². The molecule has 1 aromatic heterocycles. The van der Waals surface area contributed by atoms with Gasteiger partial charge in [0, 0.05) is 17.2 Å². The molecular formula is C18H14FN3O5. The van der Waals surface area contributed by atoms with Crippen molar-refractivity contribution >= 4 is 11.7 Å². The SMILES string of the molecule is Cc1ccc(-c2noc(COC(=O)c3ccc(C)c([N+](=O)[O-])c3)n2)cc1F. The van der Waals surface area contributed by atoms with Crippen LogP contribution in [0.5, 0.6) is 0 Å². The van der Waals surface area contributed by atoms with Crippen molar-refractivity contribution in [2.45, 2.75) is 20.5 Å². The maximum absolute atomic E-state index is 13.6. The Bertz CT molecular complexity index is 1030. The van der Waals surface area contributed by atoms with E-state index < -0.39 is 16.7 Å². The summed E-state index contributed by atoms with van der Waals surface area (Å²) in [6.45, 7) is 2.89. The van der Waals surface area contributed by atoms with Crippen molar-refractivity contribution in [3.8, 4) is 11.4 Å². The number of carbonyl (C=O) groups excluding carboxylic acids is 1. The Kier molecular flexibility index (Phi) is 4.93. The Hall–Kier alpha value is -3.62. The molecular weight excluding hydrogens is 357 g/mol. The topological polar surface area (TPSA) is 108 Å². The van der Waals surface area contributed by atoms with E-state index >= 15 is 0 Å². The molecule has 3 rings (SSSR count). The Labute approximate surface area is 152 Å². The van der Waals surface area contributed by atoms with E-state index in [-0.39, 0.29) is 29.6 Å². The summed E-state index contributed by atoms with van der Waals surface area (Å²) in [5, 5.41) is 14.7. The average molecular weight is 371 g/mol. The number of ether oxygens (including phenoxy) is 1. The van der Waals surface area contributed by atoms with E-state index in [1.54, 1.807) is 26.0 Å². The minimum atomic E-state index is -0.765. The maximum Gasteiger partial charge on any atom is 0.338 e. The van der Waals surface area contributed by atoms with E-state index in [1.807, 2.05) is 0 Å². The van der Waals surface area contributed by atoms with E-state index in [9.17, 15) is 19.3 Å². The number of esters is 1. The maximum atomic E-state index is 13.6. The van der Waals surface area contributed by atoms with Gasteiger partial charge in [0.15, 0.2) is 6.61 Å². The second-order valence-electron chi connectivity index (χ2n) is 5.81. The van der Waals surface area contributed by atoms with E-state index in [1.165, 1.54) is 18.2 Å². The summed E-state index contributed by atoms with van der Waals surface area (Å²) < 4.78 is 23.7. The Morgan fingerprint density at radius 3 is 2.67 bits per heavy atom. The van der Waals surface area contributed by atoms with Gasteiger partial charge in [0.1, 0.15) is 5.82 Å². The summed E-state index contributed by atoms with van der Waals surface area (Å²) in [7, 11) is 0. The number of carbonyl (C=O) groups is 1. The summed E-state index contributed by atoms with van der Waals surface area (Å²) in [6.07, 6.45) is 0. The number of aromatic nitrogens is 2. The molecule has 3 aromatic rings. The Morgan fingerprint density at radius 2 is 1.96 bits per heavy atom. The molecule has 0 spiro atoms. The number of nitrogens with zero attached hydrogens (tertiary/aromatic N) is 3. The predicted octanol–water partition coefficient (Wildman–Crippen LogP) is 3.76. The summed E-state index contributed by atoms with van der Waals surface area (Å²) in [5.41, 5.74) is 1.21. The zero-order valence-electron chi connectivity index (χ0n) is 14.4. The highest BCUT2D eigenvalue weighted by atomic mass is 19.1. The third kappa shape index (κ3) is 3.97. The summed E-state index contributed by atoms with van der Waals surface area (Å²) in [6, 6.07) is 8.55.